The maximum atomic E-state index is 0. The van der Waals surface area contributed by atoms with Crippen molar-refractivity contribution in [3.8, 4) is 0 Å². The van der Waals surface area contributed by atoms with E-state index in [1.54, 1.807) is 0 Å². The molecule has 0 aromatic carbocycles. The fourth-order valence-electron chi connectivity index (χ4n) is 0. The quantitative estimate of drug-likeness (QED) is 0.236. The van der Waals surface area contributed by atoms with Crippen LogP contribution in [0.3, 0.4) is 0 Å². The molecule has 0 saturated carbocycles. The smallest absolute Gasteiger partial charge is 2.00 e. The first-order valence-corrected chi connectivity index (χ1v) is 0. The van der Waals surface area contributed by atoms with Gasteiger partial charge in [0.1, 0.15) is 0 Å². The van der Waals surface area contributed by atoms with Gasteiger partial charge in [0.25, 0.3) is 0 Å². The molecule has 0 radical (unpaired) electrons. The Bertz CT molecular complexity index is 25.4. The van der Waals surface area contributed by atoms with Crippen molar-refractivity contribution < 1.29 is 168 Å². The second-order valence-corrected chi connectivity index (χ2v) is 0. The molecule has 88 valence electrons. The van der Waals surface area contributed by atoms with Gasteiger partial charge in [0.05, 0.1) is 0 Å². The minimum atomic E-state index is 0. The van der Waals surface area contributed by atoms with Crippen molar-refractivity contribution >= 4 is 97.8 Å². The van der Waals surface area contributed by atoms with Gasteiger partial charge in [-0.3, -0.25) is 0 Å². The summed E-state index contributed by atoms with van der Waals surface area (Å²) in [5, 5.41) is 0. The molecule has 0 fully saturated rings. The van der Waals surface area contributed by atoms with Crippen molar-refractivity contribution in [2.45, 2.75) is 0 Å². The monoisotopic (exact) mass is 997 g/mol. The van der Waals surface area contributed by atoms with Gasteiger partial charge in [-0.25, -0.2) is 0 Å². The van der Waals surface area contributed by atoms with Gasteiger partial charge in [-0.1, -0.05) is 0 Å². The zero-order chi connectivity index (χ0) is 0. The van der Waals surface area contributed by atoms with Crippen molar-refractivity contribution in [3.05, 3.63) is 0 Å². The summed E-state index contributed by atoms with van der Waals surface area (Å²) in [6, 6.07) is 0. The number of rotatable bonds is 0. The van der Waals surface area contributed by atoms with Crippen molar-refractivity contribution in [2.75, 3.05) is 0 Å². The Balaban J connectivity index is 0. The van der Waals surface area contributed by atoms with Crippen LogP contribution in [0.5, 0.6) is 0 Å². The van der Waals surface area contributed by atoms with Gasteiger partial charge in [-0.05, 0) is 0 Å². The van der Waals surface area contributed by atoms with Gasteiger partial charge in [0.2, 0.25) is 0 Å². The van der Waals surface area contributed by atoms with Gasteiger partial charge in [-0.2, -0.15) is 0 Å². The van der Waals surface area contributed by atoms with Crippen LogP contribution >= 0.6 is 0 Å². The summed E-state index contributed by atoms with van der Waals surface area (Å²) < 4.78 is 0. The molecule has 17 heavy (non-hydrogen) atoms. The molecular weight excluding hydrogens is 996 g/mol. The predicted octanol–water partition coefficient (Wildman–Crippen LogP) is -2.08. The first kappa shape index (κ1) is 293. The molecule has 17 heteroatoms. The van der Waals surface area contributed by atoms with Crippen LogP contribution in [0.15, 0.2) is 0 Å². The van der Waals surface area contributed by atoms with Crippen LogP contribution in [0.4, 0.5) is 0 Å². The van der Waals surface area contributed by atoms with Crippen LogP contribution in [0, 0.1) is 0 Å². The fourth-order valence-corrected chi connectivity index (χ4v) is 0. The Morgan fingerprint density at radius 1 is 0.235 bits per heavy atom. The zero-order valence-electron chi connectivity index (χ0n) is 7.88. The largest absolute Gasteiger partial charge is 6.00 e. The average molecular weight is 996 g/mol. The van der Waals surface area contributed by atoms with Crippen LogP contribution in [0.2, 0.25) is 0 Å². The Labute approximate surface area is 258 Å². The molecule has 0 aromatic heterocycles. The van der Waals surface area contributed by atoms with Crippen molar-refractivity contribution in [1.29, 1.82) is 0 Å². The second kappa shape index (κ2) is 255. The first-order chi connectivity index (χ1) is 0. The molecule has 0 aliphatic heterocycles. The van der Waals surface area contributed by atoms with E-state index in [0.717, 1.165) is 0 Å². The first-order valence-electron chi connectivity index (χ1n) is 0. The third-order valence-electron chi connectivity index (χ3n) is 0. The van der Waals surface area contributed by atoms with Gasteiger partial charge in [0.15, 0.2) is 0 Å². The van der Waals surface area contributed by atoms with Crippen LogP contribution in [0.1, 0.15) is 0 Å². The molecule has 0 aliphatic rings. The summed E-state index contributed by atoms with van der Waals surface area (Å²) in [4.78, 5) is 0. The topological polar surface area (TPSA) is 314 Å². The van der Waals surface area contributed by atoms with Gasteiger partial charge >= 0.3 is 205 Å². The predicted molar refractivity (Wildman–Crippen MR) is 19.1 cm³/mol. The minimum absolute atomic E-state index is 0. The van der Waals surface area contributed by atoms with Crippen molar-refractivity contribution in [2.24, 2.45) is 0 Å². The molecule has 0 N–H and O–H groups in total. The number of hydrogen-bond donors (Lipinski definition) is 0. The van der Waals surface area contributed by atoms with Crippen molar-refractivity contribution in [3.63, 3.8) is 0 Å². The summed E-state index contributed by atoms with van der Waals surface area (Å²) in [5.41, 5.74) is 0. The molecule has 0 spiro atoms. The summed E-state index contributed by atoms with van der Waals surface area (Å²) in [6.07, 6.45) is 0. The number of hydrogen-bond acceptors (Lipinski definition) is 0. The van der Waals surface area contributed by atoms with Gasteiger partial charge in [-0.15, -0.1) is 0 Å². The molecule has 0 amide bonds. The molecule has 0 atom stereocenters. The molecular formula is Ba2O11W2Y2. The van der Waals surface area contributed by atoms with Crippen LogP contribution in [0.25, 0.3) is 0 Å². The molecule has 0 saturated heterocycles. The molecule has 0 aliphatic carbocycles. The third-order valence-corrected chi connectivity index (χ3v) is 0. The SMILES string of the molecule is [Ba+2].[Ba+2].[O-2].[O-2].[O-2].[O-2].[O-2].[O-2].[O-2].[O-2].[O-2].[O-2].[O-2].[W+6].[W+6].[Y+3].[Y+3]. The van der Waals surface area contributed by atoms with E-state index in [0.29, 0.717) is 0 Å². The summed E-state index contributed by atoms with van der Waals surface area (Å²) in [6.45, 7) is 0. The molecule has 0 aromatic rings. The molecule has 0 rings (SSSR count). The Morgan fingerprint density at radius 2 is 0.235 bits per heavy atom. The summed E-state index contributed by atoms with van der Waals surface area (Å²) in [7, 11) is 0. The molecule has 0 heterocycles. The minimum Gasteiger partial charge on any atom is -2.00 e. The van der Waals surface area contributed by atoms with E-state index >= 15 is 0 Å². The van der Waals surface area contributed by atoms with Gasteiger partial charge < -0.3 is 60.2 Å². The van der Waals surface area contributed by atoms with E-state index in [1.807, 2.05) is 0 Å². The zero-order valence-corrected chi connectivity index (χ0v) is 28.3. The normalized spacial score (nSPS) is 0. The maximum absolute atomic E-state index is 0. The van der Waals surface area contributed by atoms with E-state index < -0.39 is 0 Å². The van der Waals surface area contributed by atoms with E-state index in [-0.39, 0.29) is 266 Å². The maximum Gasteiger partial charge on any atom is 6.00 e. The standard InChI is InChI=1S/2Ba.11O.2W.2Y/q2*+2;11*-2;2*+6;2*+3. The van der Waals surface area contributed by atoms with E-state index in [4.69, 9.17) is 0 Å². The third kappa shape index (κ3) is 232. The Morgan fingerprint density at radius 3 is 0.235 bits per heavy atom. The molecule has 0 unspecified atom stereocenters. The van der Waals surface area contributed by atoms with Gasteiger partial charge in [0, 0.05) is 0 Å². The summed E-state index contributed by atoms with van der Waals surface area (Å²) in [5.74, 6) is 0. The second-order valence-electron chi connectivity index (χ2n) is 0. The molecule has 11 nitrogen and oxygen atoms in total. The Hall–Kier alpha value is 6.29. The van der Waals surface area contributed by atoms with Crippen LogP contribution in [-0.2, 0) is 168 Å². The van der Waals surface area contributed by atoms with E-state index in [9.17, 15) is 0 Å². The van der Waals surface area contributed by atoms with Crippen LogP contribution in [-0.4, -0.2) is 97.8 Å². The van der Waals surface area contributed by atoms with E-state index in [2.05, 4.69) is 0 Å². The van der Waals surface area contributed by atoms with Crippen molar-refractivity contribution in [1.82, 2.24) is 0 Å². The van der Waals surface area contributed by atoms with E-state index in [1.165, 1.54) is 0 Å². The summed E-state index contributed by atoms with van der Waals surface area (Å²) >= 11 is 0. The fraction of sp³-hybridized carbons (Fsp3) is 0. The molecule has 0 bridgehead atoms. The Kier molecular flexibility index (Phi) is 4400. The average Bonchev–Trinajstić information content (AvgIpc) is 0. The van der Waals surface area contributed by atoms with Crippen LogP contribution < -0.4 is 0 Å².